The number of fused-ring (bicyclic) bond motifs is 1. The second kappa shape index (κ2) is 8.84. The molecule has 3 aromatic rings. The molecule has 2 N–H and O–H groups in total. The molecular weight excluding hydrogens is 425 g/mol. The van der Waals surface area contributed by atoms with Crippen LogP contribution in [0.1, 0.15) is 17.7 Å². The topological polar surface area (TPSA) is 103 Å². The van der Waals surface area contributed by atoms with Crippen molar-refractivity contribution in [2.45, 2.75) is 32.0 Å². The Labute approximate surface area is 175 Å². The first kappa shape index (κ1) is 21.8. The van der Waals surface area contributed by atoms with E-state index in [9.17, 15) is 18.0 Å². The fourth-order valence-electron chi connectivity index (χ4n) is 3.31. The number of hydrogen-bond acceptors (Lipinski definition) is 6. The maximum absolute atomic E-state index is 13.8. The minimum atomic E-state index is -1.27. The highest BCUT2D eigenvalue weighted by atomic mass is 35.5. The zero-order chi connectivity index (χ0) is 20.5. The predicted molar refractivity (Wildman–Crippen MR) is 101 cm³/mol. The SMILES string of the molecule is Cl.N[C@@H](CC(=O)N1CCn2nnc(-c3cnco3)c2C1)Cc1cc(F)c(F)cc1F. The number of nitrogens with zero attached hydrogens (tertiary/aromatic N) is 5. The van der Waals surface area contributed by atoms with Crippen LogP contribution in [-0.2, 0) is 24.3 Å². The highest BCUT2D eigenvalue weighted by Crippen LogP contribution is 2.25. The number of halogens is 4. The minimum Gasteiger partial charge on any atom is -0.442 e. The van der Waals surface area contributed by atoms with Gasteiger partial charge in [-0.15, -0.1) is 17.5 Å². The fourth-order valence-corrected chi connectivity index (χ4v) is 3.31. The van der Waals surface area contributed by atoms with E-state index >= 15 is 0 Å². The van der Waals surface area contributed by atoms with E-state index in [1.807, 2.05) is 0 Å². The van der Waals surface area contributed by atoms with E-state index < -0.39 is 23.5 Å². The quantitative estimate of drug-likeness (QED) is 0.607. The van der Waals surface area contributed by atoms with Crippen LogP contribution in [0.3, 0.4) is 0 Å². The van der Waals surface area contributed by atoms with Crippen LogP contribution < -0.4 is 5.73 Å². The summed E-state index contributed by atoms with van der Waals surface area (Å²) < 4.78 is 47.1. The van der Waals surface area contributed by atoms with Crippen LogP contribution in [0.15, 0.2) is 29.1 Å². The van der Waals surface area contributed by atoms with Gasteiger partial charge in [-0.25, -0.2) is 22.8 Å². The van der Waals surface area contributed by atoms with Gasteiger partial charge in [0.1, 0.15) is 5.82 Å². The van der Waals surface area contributed by atoms with Crippen molar-refractivity contribution in [2.75, 3.05) is 6.54 Å². The molecule has 1 amide bonds. The van der Waals surface area contributed by atoms with E-state index in [0.717, 1.165) is 6.07 Å². The maximum atomic E-state index is 13.8. The van der Waals surface area contributed by atoms with Crippen molar-refractivity contribution in [3.63, 3.8) is 0 Å². The molecule has 30 heavy (non-hydrogen) atoms. The number of oxazole rings is 1. The van der Waals surface area contributed by atoms with Crippen molar-refractivity contribution in [3.8, 4) is 11.5 Å². The molecule has 160 valence electrons. The molecule has 4 rings (SSSR count). The van der Waals surface area contributed by atoms with Crippen molar-refractivity contribution in [2.24, 2.45) is 5.73 Å². The molecule has 0 unspecified atom stereocenters. The van der Waals surface area contributed by atoms with Crippen molar-refractivity contribution >= 4 is 18.3 Å². The molecule has 0 radical (unpaired) electrons. The van der Waals surface area contributed by atoms with Gasteiger partial charge in [-0.1, -0.05) is 5.21 Å². The first-order chi connectivity index (χ1) is 13.9. The van der Waals surface area contributed by atoms with Gasteiger partial charge in [-0.3, -0.25) is 4.79 Å². The number of hydrogen-bond donors (Lipinski definition) is 1. The Hall–Kier alpha value is -2.92. The lowest BCUT2D eigenvalue weighted by atomic mass is 10.0. The lowest BCUT2D eigenvalue weighted by molar-refractivity contribution is -0.133. The summed E-state index contributed by atoms with van der Waals surface area (Å²) in [7, 11) is 0. The van der Waals surface area contributed by atoms with E-state index in [0.29, 0.717) is 36.3 Å². The monoisotopic (exact) mass is 442 g/mol. The standard InChI is InChI=1S/C18H17F3N6O2.ClH/c19-12-6-14(21)13(20)4-10(12)3-11(22)5-17(28)26-1-2-27-15(8-26)18(24-25-27)16-7-23-9-29-16;/h4,6-7,9,11H,1-3,5,8,22H2;1H/t11-;/m1./s1. The van der Waals surface area contributed by atoms with E-state index in [1.54, 1.807) is 9.58 Å². The van der Waals surface area contributed by atoms with E-state index in [2.05, 4.69) is 15.3 Å². The Morgan fingerprint density at radius 3 is 2.70 bits per heavy atom. The molecule has 0 spiro atoms. The minimum absolute atomic E-state index is 0. The van der Waals surface area contributed by atoms with Gasteiger partial charge in [-0.2, -0.15) is 0 Å². The lowest BCUT2D eigenvalue weighted by Crippen LogP contribution is -2.41. The predicted octanol–water partition coefficient (Wildman–Crippen LogP) is 2.07. The molecule has 1 atom stereocenters. The Kier molecular flexibility index (Phi) is 6.42. The first-order valence-electron chi connectivity index (χ1n) is 8.90. The van der Waals surface area contributed by atoms with Crippen molar-refractivity contribution in [1.82, 2.24) is 24.9 Å². The molecule has 0 saturated heterocycles. The van der Waals surface area contributed by atoms with Gasteiger partial charge in [0.15, 0.2) is 29.5 Å². The molecule has 3 heterocycles. The van der Waals surface area contributed by atoms with Crippen molar-refractivity contribution < 1.29 is 22.4 Å². The van der Waals surface area contributed by atoms with Gasteiger partial charge in [-0.05, 0) is 18.1 Å². The zero-order valence-electron chi connectivity index (χ0n) is 15.6. The number of benzene rings is 1. The van der Waals surface area contributed by atoms with Crippen LogP contribution in [0, 0.1) is 17.5 Å². The fraction of sp³-hybridized carbons (Fsp3) is 0.333. The largest absolute Gasteiger partial charge is 0.442 e. The van der Waals surface area contributed by atoms with Crippen LogP contribution in [0.2, 0.25) is 0 Å². The summed E-state index contributed by atoms with van der Waals surface area (Å²) in [6.45, 7) is 1.13. The summed E-state index contributed by atoms with van der Waals surface area (Å²) in [5.41, 5.74) is 7.11. The number of nitrogens with two attached hydrogens (primary N) is 1. The summed E-state index contributed by atoms with van der Waals surface area (Å²) in [5.74, 6) is -3.10. The third-order valence-corrected chi connectivity index (χ3v) is 4.79. The second-order valence-electron chi connectivity index (χ2n) is 6.81. The third kappa shape index (κ3) is 4.31. The number of carbonyl (C=O) groups is 1. The number of amides is 1. The second-order valence-corrected chi connectivity index (χ2v) is 6.81. The normalized spacial score (nSPS) is 14.2. The summed E-state index contributed by atoms with van der Waals surface area (Å²) >= 11 is 0. The summed E-state index contributed by atoms with van der Waals surface area (Å²) in [6, 6.07) is 0.493. The van der Waals surface area contributed by atoms with Crippen LogP contribution in [0.4, 0.5) is 13.2 Å². The van der Waals surface area contributed by atoms with Crippen molar-refractivity contribution in [1.29, 1.82) is 0 Å². The number of aromatic nitrogens is 4. The van der Waals surface area contributed by atoms with Gasteiger partial charge in [0.2, 0.25) is 5.91 Å². The van der Waals surface area contributed by atoms with Gasteiger partial charge in [0.25, 0.3) is 0 Å². The summed E-state index contributed by atoms with van der Waals surface area (Å²) in [5, 5.41) is 8.14. The Morgan fingerprint density at radius 2 is 1.97 bits per heavy atom. The molecule has 1 aromatic carbocycles. The van der Waals surface area contributed by atoms with E-state index in [1.165, 1.54) is 12.6 Å². The molecule has 1 aliphatic heterocycles. The zero-order valence-corrected chi connectivity index (χ0v) is 16.4. The summed E-state index contributed by atoms with van der Waals surface area (Å²) in [4.78, 5) is 18.1. The number of rotatable bonds is 5. The van der Waals surface area contributed by atoms with Crippen LogP contribution in [0.5, 0.6) is 0 Å². The smallest absolute Gasteiger partial charge is 0.224 e. The Bertz CT molecular complexity index is 1040. The molecule has 0 aliphatic carbocycles. The van der Waals surface area contributed by atoms with Gasteiger partial charge < -0.3 is 15.1 Å². The van der Waals surface area contributed by atoms with Gasteiger partial charge in [0.05, 0.1) is 25.0 Å². The van der Waals surface area contributed by atoms with Crippen molar-refractivity contribution in [3.05, 3.63) is 53.4 Å². The van der Waals surface area contributed by atoms with Crippen LogP contribution in [0.25, 0.3) is 11.5 Å². The third-order valence-electron chi connectivity index (χ3n) is 4.79. The molecule has 0 saturated carbocycles. The molecule has 0 fully saturated rings. The van der Waals surface area contributed by atoms with E-state index in [-0.39, 0.29) is 43.3 Å². The average Bonchev–Trinajstić information content (AvgIpc) is 3.34. The molecule has 8 nitrogen and oxygen atoms in total. The van der Waals surface area contributed by atoms with Crippen LogP contribution >= 0.6 is 12.4 Å². The summed E-state index contributed by atoms with van der Waals surface area (Å²) in [6.07, 6.45) is 2.63. The lowest BCUT2D eigenvalue weighted by Gasteiger charge is -2.28. The average molecular weight is 443 g/mol. The molecule has 2 aromatic heterocycles. The number of carbonyl (C=O) groups excluding carboxylic acids is 1. The Morgan fingerprint density at radius 1 is 1.20 bits per heavy atom. The highest BCUT2D eigenvalue weighted by molar-refractivity contribution is 5.85. The molecule has 12 heteroatoms. The van der Waals surface area contributed by atoms with Crippen LogP contribution in [-0.4, -0.2) is 43.4 Å². The first-order valence-corrected chi connectivity index (χ1v) is 8.90. The maximum Gasteiger partial charge on any atom is 0.224 e. The highest BCUT2D eigenvalue weighted by Gasteiger charge is 2.27. The Balaban J connectivity index is 0.00000256. The van der Waals surface area contributed by atoms with E-state index in [4.69, 9.17) is 10.2 Å². The molecule has 1 aliphatic rings. The molecule has 0 bridgehead atoms. The van der Waals surface area contributed by atoms with Gasteiger partial charge in [0, 0.05) is 25.1 Å². The molecular formula is C18H18ClF3N6O2. The van der Waals surface area contributed by atoms with Gasteiger partial charge >= 0.3 is 0 Å².